The lowest BCUT2D eigenvalue weighted by atomic mass is 9.70. The number of nitrogens with zero attached hydrogens (tertiary/aromatic N) is 1. The standard InChI is InChI=1S/C17H23NO4/c1-12(19)18-10-13-8-15(20-2)16(21-3)9-14(13)17(11-18)4-6-22-7-5-17/h8-9H,4-7,10-11H2,1-3H3. The number of hydrogen-bond donors (Lipinski definition) is 0. The third-order valence-electron chi connectivity index (χ3n) is 4.93. The van der Waals surface area contributed by atoms with Gasteiger partial charge in [0.2, 0.25) is 5.91 Å². The maximum absolute atomic E-state index is 12.0. The predicted octanol–water partition coefficient (Wildman–Crippen LogP) is 2.11. The Balaban J connectivity index is 2.11. The number of carbonyl (C=O) groups is 1. The largest absolute Gasteiger partial charge is 0.493 e. The Morgan fingerprint density at radius 1 is 1.18 bits per heavy atom. The molecule has 1 aromatic carbocycles. The summed E-state index contributed by atoms with van der Waals surface area (Å²) in [6.07, 6.45) is 1.86. The molecule has 3 rings (SSSR count). The molecular formula is C17H23NO4. The van der Waals surface area contributed by atoms with Crippen molar-refractivity contribution in [2.45, 2.75) is 31.7 Å². The lowest BCUT2D eigenvalue weighted by Gasteiger charge is -2.46. The van der Waals surface area contributed by atoms with Crippen molar-refractivity contribution >= 4 is 5.91 Å². The Morgan fingerprint density at radius 2 is 1.82 bits per heavy atom. The zero-order chi connectivity index (χ0) is 15.7. The summed E-state index contributed by atoms with van der Waals surface area (Å²) in [5.41, 5.74) is 2.41. The Bertz CT molecular complexity index is 578. The van der Waals surface area contributed by atoms with Crippen molar-refractivity contribution in [2.24, 2.45) is 0 Å². The van der Waals surface area contributed by atoms with Gasteiger partial charge in [0, 0.05) is 38.6 Å². The molecule has 0 N–H and O–H groups in total. The van der Waals surface area contributed by atoms with E-state index in [1.807, 2.05) is 11.0 Å². The first-order valence-electron chi connectivity index (χ1n) is 7.68. The Morgan fingerprint density at radius 3 is 2.41 bits per heavy atom. The van der Waals surface area contributed by atoms with E-state index in [0.29, 0.717) is 12.3 Å². The third kappa shape index (κ3) is 2.43. The van der Waals surface area contributed by atoms with Crippen LogP contribution in [0.4, 0.5) is 0 Å². The average Bonchev–Trinajstić information content (AvgIpc) is 2.54. The SMILES string of the molecule is COc1cc2c(cc1OC)C1(CCOCC1)CN(C(C)=O)C2. The van der Waals surface area contributed by atoms with Crippen LogP contribution in [0, 0.1) is 0 Å². The van der Waals surface area contributed by atoms with E-state index in [9.17, 15) is 4.79 Å². The maximum atomic E-state index is 12.0. The molecule has 0 saturated carbocycles. The van der Waals surface area contributed by atoms with Crippen LogP contribution in [0.2, 0.25) is 0 Å². The van der Waals surface area contributed by atoms with E-state index in [2.05, 4.69) is 6.07 Å². The van der Waals surface area contributed by atoms with Gasteiger partial charge >= 0.3 is 0 Å². The number of fused-ring (bicyclic) bond motifs is 2. The summed E-state index contributed by atoms with van der Waals surface area (Å²) in [6.45, 7) is 4.50. The number of hydrogen-bond acceptors (Lipinski definition) is 4. The van der Waals surface area contributed by atoms with Crippen LogP contribution in [0.5, 0.6) is 11.5 Å². The molecule has 0 aromatic heterocycles. The molecule has 5 heteroatoms. The summed E-state index contributed by atoms with van der Waals surface area (Å²) in [5, 5.41) is 0. The maximum Gasteiger partial charge on any atom is 0.219 e. The van der Waals surface area contributed by atoms with E-state index in [-0.39, 0.29) is 11.3 Å². The molecule has 0 radical (unpaired) electrons. The molecule has 5 nitrogen and oxygen atoms in total. The second-order valence-corrected chi connectivity index (χ2v) is 6.13. The summed E-state index contributed by atoms with van der Waals surface area (Å²) in [5.74, 6) is 1.59. The van der Waals surface area contributed by atoms with Gasteiger partial charge in [0.1, 0.15) is 0 Å². The van der Waals surface area contributed by atoms with E-state index in [1.54, 1.807) is 21.1 Å². The summed E-state index contributed by atoms with van der Waals surface area (Å²) in [4.78, 5) is 13.9. The zero-order valence-electron chi connectivity index (χ0n) is 13.5. The van der Waals surface area contributed by atoms with Gasteiger partial charge in [0.25, 0.3) is 0 Å². The molecule has 2 heterocycles. The Hall–Kier alpha value is -1.75. The van der Waals surface area contributed by atoms with E-state index < -0.39 is 0 Å². The topological polar surface area (TPSA) is 48.0 Å². The number of methoxy groups -OCH3 is 2. The van der Waals surface area contributed by atoms with Crippen LogP contribution in [0.3, 0.4) is 0 Å². The smallest absolute Gasteiger partial charge is 0.219 e. The van der Waals surface area contributed by atoms with Gasteiger partial charge in [-0.15, -0.1) is 0 Å². The van der Waals surface area contributed by atoms with Crippen LogP contribution >= 0.6 is 0 Å². The van der Waals surface area contributed by atoms with Gasteiger partial charge in [-0.2, -0.15) is 0 Å². The highest BCUT2D eigenvalue weighted by molar-refractivity contribution is 5.74. The van der Waals surface area contributed by atoms with Crippen molar-refractivity contribution in [2.75, 3.05) is 34.0 Å². The molecular weight excluding hydrogens is 282 g/mol. The fourth-order valence-corrected chi connectivity index (χ4v) is 3.67. The lowest BCUT2D eigenvalue weighted by Crippen LogP contribution is -2.50. The van der Waals surface area contributed by atoms with E-state index in [1.165, 1.54) is 5.56 Å². The number of benzene rings is 1. The predicted molar refractivity (Wildman–Crippen MR) is 82.4 cm³/mol. The van der Waals surface area contributed by atoms with E-state index >= 15 is 0 Å². The molecule has 2 aliphatic heterocycles. The minimum absolute atomic E-state index is 0.0307. The normalized spacial score (nSPS) is 19.7. The van der Waals surface area contributed by atoms with Crippen molar-refractivity contribution in [3.05, 3.63) is 23.3 Å². The van der Waals surface area contributed by atoms with Crippen molar-refractivity contribution in [1.29, 1.82) is 0 Å². The molecule has 0 bridgehead atoms. The van der Waals surface area contributed by atoms with Crippen LogP contribution in [-0.4, -0.2) is 44.8 Å². The molecule has 2 aliphatic rings. The van der Waals surface area contributed by atoms with Crippen molar-refractivity contribution in [1.82, 2.24) is 4.90 Å². The molecule has 1 spiro atoms. The third-order valence-corrected chi connectivity index (χ3v) is 4.93. The fraction of sp³-hybridized carbons (Fsp3) is 0.588. The van der Waals surface area contributed by atoms with Crippen LogP contribution in [0.25, 0.3) is 0 Å². The number of amides is 1. The van der Waals surface area contributed by atoms with Crippen LogP contribution in [0.1, 0.15) is 30.9 Å². The first kappa shape index (κ1) is 15.2. The van der Waals surface area contributed by atoms with Crippen LogP contribution in [0.15, 0.2) is 12.1 Å². The summed E-state index contributed by atoms with van der Waals surface area (Å²) in [6, 6.07) is 4.11. The van der Waals surface area contributed by atoms with Crippen molar-refractivity contribution in [3.8, 4) is 11.5 Å². The molecule has 1 aromatic rings. The molecule has 22 heavy (non-hydrogen) atoms. The van der Waals surface area contributed by atoms with Crippen molar-refractivity contribution in [3.63, 3.8) is 0 Å². The average molecular weight is 305 g/mol. The highest BCUT2D eigenvalue weighted by atomic mass is 16.5. The fourth-order valence-electron chi connectivity index (χ4n) is 3.67. The quantitative estimate of drug-likeness (QED) is 0.840. The molecule has 0 unspecified atom stereocenters. The van der Waals surface area contributed by atoms with E-state index in [0.717, 1.165) is 43.9 Å². The minimum atomic E-state index is -0.0307. The molecule has 1 fully saturated rings. The summed E-state index contributed by atoms with van der Waals surface area (Å²) < 4.78 is 16.4. The number of rotatable bonds is 2. The van der Waals surface area contributed by atoms with Gasteiger partial charge in [0.15, 0.2) is 11.5 Å². The lowest BCUT2D eigenvalue weighted by molar-refractivity contribution is -0.131. The number of carbonyl (C=O) groups excluding carboxylic acids is 1. The van der Waals surface area contributed by atoms with Gasteiger partial charge < -0.3 is 19.1 Å². The van der Waals surface area contributed by atoms with E-state index in [4.69, 9.17) is 14.2 Å². The van der Waals surface area contributed by atoms with Gasteiger partial charge in [0.05, 0.1) is 14.2 Å². The molecule has 0 atom stereocenters. The minimum Gasteiger partial charge on any atom is -0.493 e. The number of ether oxygens (including phenoxy) is 3. The summed E-state index contributed by atoms with van der Waals surface area (Å²) >= 11 is 0. The van der Waals surface area contributed by atoms with Crippen LogP contribution in [-0.2, 0) is 21.5 Å². The molecule has 0 aliphatic carbocycles. The molecule has 120 valence electrons. The highest BCUT2D eigenvalue weighted by Crippen LogP contribution is 2.45. The first-order valence-corrected chi connectivity index (χ1v) is 7.68. The Labute approximate surface area is 131 Å². The second kappa shape index (κ2) is 5.80. The Kier molecular flexibility index (Phi) is 4.00. The molecule has 1 saturated heterocycles. The van der Waals surface area contributed by atoms with Gasteiger partial charge in [-0.05, 0) is 36.1 Å². The zero-order valence-corrected chi connectivity index (χ0v) is 13.5. The van der Waals surface area contributed by atoms with Gasteiger partial charge in [-0.25, -0.2) is 0 Å². The second-order valence-electron chi connectivity index (χ2n) is 6.13. The monoisotopic (exact) mass is 305 g/mol. The van der Waals surface area contributed by atoms with Gasteiger partial charge in [-0.3, -0.25) is 4.79 Å². The highest BCUT2D eigenvalue weighted by Gasteiger charge is 2.42. The molecule has 1 amide bonds. The van der Waals surface area contributed by atoms with Gasteiger partial charge in [-0.1, -0.05) is 0 Å². The van der Waals surface area contributed by atoms with Crippen molar-refractivity contribution < 1.29 is 19.0 Å². The summed E-state index contributed by atoms with van der Waals surface area (Å²) in [7, 11) is 3.30. The first-order chi connectivity index (χ1) is 10.6. The van der Waals surface area contributed by atoms with Crippen LogP contribution < -0.4 is 9.47 Å².